The van der Waals surface area contributed by atoms with Gasteiger partial charge in [0.15, 0.2) is 5.78 Å². The molecule has 2 unspecified atom stereocenters. The summed E-state index contributed by atoms with van der Waals surface area (Å²) < 4.78 is 27.9. The molecule has 0 aromatic heterocycles. The summed E-state index contributed by atoms with van der Waals surface area (Å²) in [6.45, 7) is 2.25. The minimum absolute atomic E-state index is 0.0606. The number of nitrogens with one attached hydrogen (secondary N) is 1. The second-order valence-electron chi connectivity index (χ2n) is 5.81. The molecular formula is C16H24N2O3S. The van der Waals surface area contributed by atoms with E-state index in [0.717, 1.165) is 25.7 Å². The normalized spacial score (nSPS) is 22.5. The number of hydrogen-bond acceptors (Lipinski definition) is 4. The first-order valence-electron chi connectivity index (χ1n) is 7.83. The Morgan fingerprint density at radius 2 is 2.05 bits per heavy atom. The van der Waals surface area contributed by atoms with E-state index in [4.69, 9.17) is 5.73 Å². The molecule has 0 saturated heterocycles. The first-order valence-corrected chi connectivity index (χ1v) is 9.32. The highest BCUT2D eigenvalue weighted by atomic mass is 32.2. The molecule has 0 amide bonds. The standard InChI is InChI=1S/C16H24N2O3S/c1-2-16(19)12-7-5-8-14(10-12)22(20,21)18-15-9-4-3-6-13(15)11-17/h5,7-8,10,13,15,18H,2-4,6,9,11,17H2,1H3. The molecule has 2 rings (SSSR count). The molecule has 0 heterocycles. The van der Waals surface area contributed by atoms with Crippen LogP contribution in [0.25, 0.3) is 0 Å². The molecule has 0 radical (unpaired) electrons. The highest BCUT2D eigenvalue weighted by molar-refractivity contribution is 7.89. The van der Waals surface area contributed by atoms with Gasteiger partial charge in [-0.15, -0.1) is 0 Å². The zero-order valence-electron chi connectivity index (χ0n) is 12.9. The van der Waals surface area contributed by atoms with E-state index in [2.05, 4.69) is 4.72 Å². The van der Waals surface area contributed by atoms with Gasteiger partial charge in [-0.05, 0) is 37.4 Å². The Hall–Kier alpha value is -1.24. The maximum absolute atomic E-state index is 12.6. The summed E-state index contributed by atoms with van der Waals surface area (Å²) in [5.41, 5.74) is 6.19. The minimum Gasteiger partial charge on any atom is -0.330 e. The smallest absolute Gasteiger partial charge is 0.240 e. The van der Waals surface area contributed by atoms with Crippen LogP contribution >= 0.6 is 0 Å². The van der Waals surface area contributed by atoms with Crippen molar-refractivity contribution < 1.29 is 13.2 Å². The Bertz CT molecular complexity index is 628. The van der Waals surface area contributed by atoms with Crippen LogP contribution in [0.2, 0.25) is 0 Å². The van der Waals surface area contributed by atoms with Crippen LogP contribution in [-0.4, -0.2) is 26.8 Å². The summed E-state index contributed by atoms with van der Waals surface area (Å²) in [5, 5.41) is 0. The Labute approximate surface area is 132 Å². The summed E-state index contributed by atoms with van der Waals surface area (Å²) >= 11 is 0. The second-order valence-corrected chi connectivity index (χ2v) is 7.53. The van der Waals surface area contributed by atoms with Gasteiger partial charge < -0.3 is 5.73 Å². The second kappa shape index (κ2) is 7.35. The fraction of sp³-hybridized carbons (Fsp3) is 0.562. The van der Waals surface area contributed by atoms with Gasteiger partial charge >= 0.3 is 0 Å². The topological polar surface area (TPSA) is 89.3 Å². The van der Waals surface area contributed by atoms with Crippen LogP contribution in [0.5, 0.6) is 0 Å². The van der Waals surface area contributed by atoms with Crippen LogP contribution < -0.4 is 10.5 Å². The summed E-state index contributed by atoms with van der Waals surface area (Å²) in [4.78, 5) is 11.9. The monoisotopic (exact) mass is 324 g/mol. The van der Waals surface area contributed by atoms with Crippen molar-refractivity contribution in [3.63, 3.8) is 0 Å². The van der Waals surface area contributed by atoms with Crippen molar-refractivity contribution in [3.05, 3.63) is 29.8 Å². The molecule has 1 aromatic rings. The highest BCUT2D eigenvalue weighted by Crippen LogP contribution is 2.25. The van der Waals surface area contributed by atoms with Crippen LogP contribution in [-0.2, 0) is 10.0 Å². The number of carbonyl (C=O) groups excluding carboxylic acids is 1. The van der Waals surface area contributed by atoms with Crippen LogP contribution in [0.15, 0.2) is 29.2 Å². The zero-order chi connectivity index (χ0) is 16.2. The van der Waals surface area contributed by atoms with E-state index in [1.165, 1.54) is 12.1 Å². The van der Waals surface area contributed by atoms with Crippen LogP contribution in [0.4, 0.5) is 0 Å². The van der Waals surface area contributed by atoms with E-state index in [-0.39, 0.29) is 22.6 Å². The predicted molar refractivity (Wildman–Crippen MR) is 86.2 cm³/mol. The van der Waals surface area contributed by atoms with Gasteiger partial charge in [-0.3, -0.25) is 4.79 Å². The van der Waals surface area contributed by atoms with Crippen LogP contribution in [0, 0.1) is 5.92 Å². The molecule has 1 aromatic carbocycles. The van der Waals surface area contributed by atoms with Crippen molar-refractivity contribution in [1.29, 1.82) is 0 Å². The average Bonchev–Trinajstić information content (AvgIpc) is 2.54. The Morgan fingerprint density at radius 1 is 1.32 bits per heavy atom. The van der Waals surface area contributed by atoms with Gasteiger partial charge in [-0.2, -0.15) is 0 Å². The van der Waals surface area contributed by atoms with Crippen molar-refractivity contribution in [2.75, 3.05) is 6.54 Å². The van der Waals surface area contributed by atoms with E-state index in [0.29, 0.717) is 18.5 Å². The molecule has 3 N–H and O–H groups in total. The van der Waals surface area contributed by atoms with Gasteiger partial charge in [0.1, 0.15) is 0 Å². The van der Waals surface area contributed by atoms with Crippen molar-refractivity contribution >= 4 is 15.8 Å². The molecule has 0 bridgehead atoms. The maximum Gasteiger partial charge on any atom is 0.240 e. The van der Waals surface area contributed by atoms with Gasteiger partial charge in [-0.25, -0.2) is 13.1 Å². The summed E-state index contributed by atoms with van der Waals surface area (Å²) in [7, 11) is -3.62. The molecule has 5 nitrogen and oxygen atoms in total. The number of hydrogen-bond donors (Lipinski definition) is 2. The fourth-order valence-corrected chi connectivity index (χ4v) is 4.34. The third-order valence-corrected chi connectivity index (χ3v) is 5.79. The van der Waals surface area contributed by atoms with Crippen LogP contribution in [0.1, 0.15) is 49.4 Å². The minimum atomic E-state index is -3.62. The number of ketones is 1. The van der Waals surface area contributed by atoms with Gasteiger partial charge in [0, 0.05) is 18.0 Å². The number of carbonyl (C=O) groups is 1. The summed E-state index contributed by atoms with van der Waals surface area (Å²) in [6, 6.07) is 6.12. The Morgan fingerprint density at radius 3 is 2.73 bits per heavy atom. The first kappa shape index (κ1) is 17.1. The largest absolute Gasteiger partial charge is 0.330 e. The molecule has 1 aliphatic carbocycles. The van der Waals surface area contributed by atoms with Gasteiger partial charge in [0.2, 0.25) is 10.0 Å². The number of Topliss-reactive ketones (excluding diaryl/α,β-unsaturated/α-hetero) is 1. The quantitative estimate of drug-likeness (QED) is 0.784. The van der Waals surface area contributed by atoms with Crippen LogP contribution in [0.3, 0.4) is 0 Å². The summed E-state index contributed by atoms with van der Waals surface area (Å²) in [6.07, 6.45) is 4.24. The van der Waals surface area contributed by atoms with Crippen molar-refractivity contribution in [3.8, 4) is 0 Å². The molecule has 0 spiro atoms. The molecule has 2 atom stereocenters. The van der Waals surface area contributed by atoms with E-state index in [1.54, 1.807) is 19.1 Å². The predicted octanol–water partition coefficient (Wildman–Crippen LogP) is 2.08. The molecule has 0 aliphatic heterocycles. The summed E-state index contributed by atoms with van der Waals surface area (Å²) in [5.74, 6) is 0.124. The van der Waals surface area contributed by atoms with E-state index < -0.39 is 10.0 Å². The molecule has 122 valence electrons. The third kappa shape index (κ3) is 3.94. The lowest BCUT2D eigenvalue weighted by Crippen LogP contribution is -2.44. The molecule has 1 fully saturated rings. The Balaban J connectivity index is 2.21. The van der Waals surface area contributed by atoms with Gasteiger partial charge in [0.05, 0.1) is 4.90 Å². The van der Waals surface area contributed by atoms with Gasteiger partial charge in [0.25, 0.3) is 0 Å². The van der Waals surface area contributed by atoms with E-state index >= 15 is 0 Å². The lowest BCUT2D eigenvalue weighted by molar-refractivity contribution is 0.0988. The van der Waals surface area contributed by atoms with Crippen molar-refractivity contribution in [1.82, 2.24) is 4.72 Å². The van der Waals surface area contributed by atoms with Crippen molar-refractivity contribution in [2.45, 2.75) is 50.0 Å². The number of benzene rings is 1. The number of nitrogens with two attached hydrogens (primary N) is 1. The lowest BCUT2D eigenvalue weighted by Gasteiger charge is -2.31. The first-order chi connectivity index (χ1) is 10.5. The fourth-order valence-electron chi connectivity index (χ4n) is 2.95. The number of sulfonamides is 1. The number of rotatable bonds is 6. The molecule has 6 heteroatoms. The van der Waals surface area contributed by atoms with Gasteiger partial charge in [-0.1, -0.05) is 31.9 Å². The maximum atomic E-state index is 12.6. The highest BCUT2D eigenvalue weighted by Gasteiger charge is 2.28. The third-order valence-electron chi connectivity index (χ3n) is 4.31. The van der Waals surface area contributed by atoms with Crippen molar-refractivity contribution in [2.24, 2.45) is 11.7 Å². The zero-order valence-corrected chi connectivity index (χ0v) is 13.7. The molecule has 1 saturated carbocycles. The Kier molecular flexibility index (Phi) is 5.72. The van der Waals surface area contributed by atoms with E-state index in [9.17, 15) is 13.2 Å². The molecule has 1 aliphatic rings. The average molecular weight is 324 g/mol. The lowest BCUT2D eigenvalue weighted by atomic mass is 9.85. The van der Waals surface area contributed by atoms with E-state index in [1.807, 2.05) is 0 Å². The SMILES string of the molecule is CCC(=O)c1cccc(S(=O)(=O)NC2CCCCC2CN)c1. The molecular weight excluding hydrogens is 300 g/mol. The molecule has 22 heavy (non-hydrogen) atoms.